The average molecular weight is 363 g/mol. The van der Waals surface area contributed by atoms with Crippen LogP contribution in [0.1, 0.15) is 41.6 Å². The summed E-state index contributed by atoms with van der Waals surface area (Å²) in [6, 6.07) is 10.1. The average Bonchev–Trinajstić information content (AvgIpc) is 2.74. The van der Waals surface area contributed by atoms with Crippen LogP contribution in [0.15, 0.2) is 46.8 Å². The van der Waals surface area contributed by atoms with Gasteiger partial charge in [0.2, 0.25) is 0 Å². The number of nitrogens with zero attached hydrogens (tertiary/aromatic N) is 5. The van der Waals surface area contributed by atoms with Crippen LogP contribution in [0, 0.1) is 0 Å². The van der Waals surface area contributed by atoms with Crippen molar-refractivity contribution >= 4 is 23.1 Å². The van der Waals surface area contributed by atoms with Crippen molar-refractivity contribution in [2.24, 2.45) is 10.2 Å². The fourth-order valence-electron chi connectivity index (χ4n) is 3.93. The minimum absolute atomic E-state index is 0.122. The zero-order valence-corrected chi connectivity index (χ0v) is 15.8. The van der Waals surface area contributed by atoms with Gasteiger partial charge in [-0.05, 0) is 68.0 Å². The number of amides is 1. The Morgan fingerprint density at radius 1 is 1.04 bits per heavy atom. The number of rotatable bonds is 3. The summed E-state index contributed by atoms with van der Waals surface area (Å²) < 4.78 is 0. The molecular weight excluding hydrogens is 338 g/mol. The molecule has 1 fully saturated rings. The number of anilines is 2. The van der Waals surface area contributed by atoms with E-state index in [9.17, 15) is 4.79 Å². The molecule has 0 saturated carbocycles. The molecule has 0 spiro atoms. The maximum Gasteiger partial charge on any atom is 0.255 e. The number of benzene rings is 1. The fourth-order valence-corrected chi connectivity index (χ4v) is 3.93. The van der Waals surface area contributed by atoms with E-state index in [0.717, 1.165) is 73.6 Å². The first-order chi connectivity index (χ1) is 13.3. The number of piperidine rings is 1. The van der Waals surface area contributed by atoms with Gasteiger partial charge < -0.3 is 9.80 Å². The molecule has 2 aliphatic rings. The molecular formula is C21H25N5O. The Labute approximate surface area is 159 Å². The maximum absolute atomic E-state index is 12.8. The molecule has 2 aliphatic heterocycles. The summed E-state index contributed by atoms with van der Waals surface area (Å²) in [4.78, 5) is 21.7. The molecule has 6 heteroatoms. The van der Waals surface area contributed by atoms with E-state index in [0.29, 0.717) is 0 Å². The Bertz CT molecular complexity index is 840. The Kier molecular flexibility index (Phi) is 5.14. The van der Waals surface area contributed by atoms with E-state index in [-0.39, 0.29) is 5.91 Å². The highest BCUT2D eigenvalue weighted by atomic mass is 16.2. The number of azo groups is 1. The van der Waals surface area contributed by atoms with Gasteiger partial charge in [0.05, 0.1) is 11.3 Å². The standard InChI is InChI=1S/C21H25N5O/c1-22-24-18-7-9-19(10-8-18)26-13-5-6-16-14-17(15-23-20(16)26)21(27)25-11-3-2-4-12-25/h7-10,14-15H,2-6,11-13H2,1H3. The molecule has 4 rings (SSSR count). The highest BCUT2D eigenvalue weighted by Crippen LogP contribution is 2.33. The second kappa shape index (κ2) is 7.86. The van der Waals surface area contributed by atoms with Crippen molar-refractivity contribution < 1.29 is 4.79 Å². The third-order valence-corrected chi connectivity index (χ3v) is 5.29. The van der Waals surface area contributed by atoms with Gasteiger partial charge in [-0.3, -0.25) is 4.79 Å². The van der Waals surface area contributed by atoms with Crippen molar-refractivity contribution in [1.29, 1.82) is 0 Å². The normalized spacial score (nSPS) is 17.2. The Morgan fingerprint density at radius 3 is 2.56 bits per heavy atom. The van der Waals surface area contributed by atoms with Crippen LogP contribution in [0.2, 0.25) is 0 Å². The van der Waals surface area contributed by atoms with Gasteiger partial charge in [0.25, 0.3) is 5.91 Å². The monoisotopic (exact) mass is 363 g/mol. The van der Waals surface area contributed by atoms with Crippen LogP contribution in [-0.4, -0.2) is 42.5 Å². The van der Waals surface area contributed by atoms with E-state index in [1.54, 1.807) is 13.2 Å². The van der Waals surface area contributed by atoms with Gasteiger partial charge in [-0.15, -0.1) is 0 Å². The third-order valence-electron chi connectivity index (χ3n) is 5.29. The van der Waals surface area contributed by atoms with Crippen LogP contribution in [0.25, 0.3) is 0 Å². The quantitative estimate of drug-likeness (QED) is 0.754. The van der Waals surface area contributed by atoms with Crippen LogP contribution in [0.5, 0.6) is 0 Å². The molecule has 0 unspecified atom stereocenters. The van der Waals surface area contributed by atoms with Gasteiger partial charge in [0.15, 0.2) is 0 Å². The first-order valence-corrected chi connectivity index (χ1v) is 9.72. The number of hydrogen-bond donors (Lipinski definition) is 0. The second-order valence-electron chi connectivity index (χ2n) is 7.13. The first kappa shape index (κ1) is 17.6. The van der Waals surface area contributed by atoms with E-state index in [2.05, 4.69) is 20.1 Å². The maximum atomic E-state index is 12.8. The van der Waals surface area contributed by atoms with Gasteiger partial charge in [-0.2, -0.15) is 10.2 Å². The zero-order chi connectivity index (χ0) is 18.6. The largest absolute Gasteiger partial charge is 0.339 e. The topological polar surface area (TPSA) is 61.2 Å². The highest BCUT2D eigenvalue weighted by molar-refractivity contribution is 5.94. The SMILES string of the molecule is CN=Nc1ccc(N2CCCc3cc(C(=O)N4CCCCC4)cnc32)cc1. The number of pyridine rings is 1. The Hall–Kier alpha value is -2.76. The Balaban J connectivity index is 1.58. The molecule has 0 atom stereocenters. The second-order valence-corrected chi connectivity index (χ2v) is 7.13. The van der Waals surface area contributed by atoms with Crippen LogP contribution in [0.4, 0.5) is 17.2 Å². The molecule has 27 heavy (non-hydrogen) atoms. The lowest BCUT2D eigenvalue weighted by molar-refractivity contribution is 0.0724. The number of fused-ring (bicyclic) bond motifs is 1. The highest BCUT2D eigenvalue weighted by Gasteiger charge is 2.23. The van der Waals surface area contributed by atoms with Crippen molar-refractivity contribution in [3.8, 4) is 0 Å². The molecule has 0 aliphatic carbocycles. The third kappa shape index (κ3) is 3.70. The number of aryl methyl sites for hydroxylation is 1. The summed E-state index contributed by atoms with van der Waals surface area (Å²) in [6.07, 6.45) is 7.18. The molecule has 3 heterocycles. The number of carbonyl (C=O) groups excluding carboxylic acids is 1. The summed E-state index contributed by atoms with van der Waals surface area (Å²) in [7, 11) is 1.67. The van der Waals surface area contributed by atoms with Gasteiger partial charge in [0.1, 0.15) is 5.82 Å². The molecule has 0 N–H and O–H groups in total. The lowest BCUT2D eigenvalue weighted by atomic mass is 10.0. The molecule has 1 saturated heterocycles. The van der Waals surface area contributed by atoms with Gasteiger partial charge >= 0.3 is 0 Å². The minimum atomic E-state index is 0.122. The molecule has 2 aromatic rings. The lowest BCUT2D eigenvalue weighted by Gasteiger charge is -2.31. The summed E-state index contributed by atoms with van der Waals surface area (Å²) in [5.74, 6) is 1.08. The van der Waals surface area contributed by atoms with Gasteiger partial charge in [-0.25, -0.2) is 4.98 Å². The van der Waals surface area contributed by atoms with Crippen LogP contribution in [0.3, 0.4) is 0 Å². The van der Waals surface area contributed by atoms with Crippen LogP contribution >= 0.6 is 0 Å². The molecule has 1 aromatic heterocycles. The predicted molar refractivity (Wildman–Crippen MR) is 106 cm³/mol. The molecule has 140 valence electrons. The number of hydrogen-bond acceptors (Lipinski definition) is 5. The van der Waals surface area contributed by atoms with Gasteiger partial charge in [0, 0.05) is 38.6 Å². The summed E-state index contributed by atoms with van der Waals surface area (Å²) in [5, 5.41) is 7.87. The van der Waals surface area contributed by atoms with E-state index in [4.69, 9.17) is 0 Å². The number of carbonyl (C=O) groups is 1. The minimum Gasteiger partial charge on any atom is -0.339 e. The molecule has 6 nitrogen and oxygen atoms in total. The summed E-state index contributed by atoms with van der Waals surface area (Å²) in [5.41, 5.74) is 3.81. The molecule has 0 radical (unpaired) electrons. The van der Waals surface area contributed by atoms with Crippen molar-refractivity contribution in [1.82, 2.24) is 9.88 Å². The fraction of sp³-hybridized carbons (Fsp3) is 0.429. The lowest BCUT2D eigenvalue weighted by Crippen LogP contribution is -2.36. The number of aromatic nitrogens is 1. The van der Waals surface area contributed by atoms with E-state index in [1.165, 1.54) is 6.42 Å². The van der Waals surface area contributed by atoms with Crippen molar-refractivity contribution in [2.45, 2.75) is 32.1 Å². The molecule has 0 bridgehead atoms. The Morgan fingerprint density at radius 2 is 1.81 bits per heavy atom. The van der Waals surface area contributed by atoms with E-state index in [1.807, 2.05) is 35.2 Å². The van der Waals surface area contributed by atoms with E-state index < -0.39 is 0 Å². The smallest absolute Gasteiger partial charge is 0.255 e. The van der Waals surface area contributed by atoms with Crippen LogP contribution < -0.4 is 4.90 Å². The van der Waals surface area contributed by atoms with Crippen molar-refractivity contribution in [2.75, 3.05) is 31.6 Å². The zero-order valence-electron chi connectivity index (χ0n) is 15.8. The molecule has 1 aromatic carbocycles. The van der Waals surface area contributed by atoms with E-state index >= 15 is 0 Å². The van der Waals surface area contributed by atoms with Crippen LogP contribution in [-0.2, 0) is 6.42 Å². The number of likely N-dealkylation sites (tertiary alicyclic amines) is 1. The van der Waals surface area contributed by atoms with Gasteiger partial charge in [-0.1, -0.05) is 0 Å². The predicted octanol–water partition coefficient (Wildman–Crippen LogP) is 4.51. The summed E-state index contributed by atoms with van der Waals surface area (Å²) >= 11 is 0. The van der Waals surface area contributed by atoms with Crippen molar-refractivity contribution in [3.05, 3.63) is 47.7 Å². The summed E-state index contributed by atoms with van der Waals surface area (Å²) in [6.45, 7) is 2.65. The molecule has 1 amide bonds. The van der Waals surface area contributed by atoms with Crippen molar-refractivity contribution in [3.63, 3.8) is 0 Å². The first-order valence-electron chi connectivity index (χ1n) is 9.72.